The first kappa shape index (κ1) is 13.9. The first-order chi connectivity index (χ1) is 8.09. The summed E-state index contributed by atoms with van der Waals surface area (Å²) in [5, 5.41) is 8.49. The number of ether oxygens (including phenoxy) is 1. The van der Waals surface area contributed by atoms with Crippen LogP contribution in [-0.4, -0.2) is 73.2 Å². The molecule has 6 heteroatoms. The molecule has 0 saturated carbocycles. The number of nitrogens with zero attached hydrogens (tertiary/aromatic N) is 2. The van der Waals surface area contributed by atoms with Crippen LogP contribution in [0, 0.1) is 0 Å². The summed E-state index contributed by atoms with van der Waals surface area (Å²) in [6, 6.07) is 0. The van der Waals surface area contributed by atoms with Gasteiger partial charge in [0.25, 0.3) is 0 Å². The van der Waals surface area contributed by atoms with E-state index >= 15 is 0 Å². The second-order valence-corrected chi connectivity index (χ2v) is 4.16. The fourth-order valence-electron chi connectivity index (χ4n) is 1.65. The summed E-state index contributed by atoms with van der Waals surface area (Å²) < 4.78 is 5.23. The van der Waals surface area contributed by atoms with Gasteiger partial charge in [0.15, 0.2) is 0 Å². The van der Waals surface area contributed by atoms with Crippen molar-refractivity contribution < 1.29 is 19.4 Å². The van der Waals surface area contributed by atoms with E-state index in [9.17, 15) is 9.59 Å². The summed E-state index contributed by atoms with van der Waals surface area (Å²) >= 11 is 0. The Hall–Kier alpha value is -1.14. The Balaban J connectivity index is 2.16. The first-order valence-electron chi connectivity index (χ1n) is 5.85. The number of carboxylic acids is 1. The molecule has 0 bridgehead atoms. The van der Waals surface area contributed by atoms with Gasteiger partial charge in [0.2, 0.25) is 5.91 Å². The quantitative estimate of drug-likeness (QED) is 0.691. The van der Waals surface area contributed by atoms with Gasteiger partial charge in [-0.2, -0.15) is 0 Å². The molecule has 1 saturated heterocycles. The van der Waals surface area contributed by atoms with Crippen LogP contribution in [0.25, 0.3) is 0 Å². The monoisotopic (exact) mass is 244 g/mol. The Morgan fingerprint density at radius 1 is 1.29 bits per heavy atom. The molecule has 0 aromatic heterocycles. The molecule has 1 aliphatic rings. The molecular formula is C11H20N2O4. The van der Waals surface area contributed by atoms with Crippen LogP contribution in [0.2, 0.25) is 0 Å². The van der Waals surface area contributed by atoms with E-state index in [1.54, 1.807) is 11.9 Å². The number of hydrogen-bond acceptors (Lipinski definition) is 4. The van der Waals surface area contributed by atoms with Crippen molar-refractivity contribution in [2.75, 3.05) is 46.4 Å². The largest absolute Gasteiger partial charge is 0.481 e. The maximum atomic E-state index is 11.5. The predicted octanol–water partition coefficient (Wildman–Crippen LogP) is -0.358. The second-order valence-electron chi connectivity index (χ2n) is 4.16. The second kappa shape index (κ2) is 7.24. The lowest BCUT2D eigenvalue weighted by atomic mass is 10.3. The minimum absolute atomic E-state index is 0.0783. The van der Waals surface area contributed by atoms with Crippen LogP contribution in [0.5, 0.6) is 0 Å². The lowest BCUT2D eigenvalue weighted by molar-refractivity contribution is -0.140. The number of morpholine rings is 1. The summed E-state index contributed by atoms with van der Waals surface area (Å²) in [5.41, 5.74) is 0. The molecule has 6 nitrogen and oxygen atoms in total. The van der Waals surface area contributed by atoms with Crippen molar-refractivity contribution in [1.29, 1.82) is 0 Å². The first-order valence-corrected chi connectivity index (χ1v) is 5.85. The van der Waals surface area contributed by atoms with Gasteiger partial charge in [-0.25, -0.2) is 0 Å². The van der Waals surface area contributed by atoms with Crippen LogP contribution in [0.1, 0.15) is 12.8 Å². The van der Waals surface area contributed by atoms with E-state index in [1.165, 1.54) is 0 Å². The summed E-state index contributed by atoms with van der Waals surface area (Å²) in [7, 11) is 1.71. The highest BCUT2D eigenvalue weighted by Crippen LogP contribution is 1.99. The van der Waals surface area contributed by atoms with E-state index in [1.807, 2.05) is 0 Å². The van der Waals surface area contributed by atoms with Crippen molar-refractivity contribution in [3.05, 3.63) is 0 Å². The normalized spacial score (nSPS) is 16.8. The van der Waals surface area contributed by atoms with Crippen LogP contribution < -0.4 is 0 Å². The third-order valence-corrected chi connectivity index (χ3v) is 2.83. The van der Waals surface area contributed by atoms with Gasteiger partial charge < -0.3 is 14.7 Å². The highest BCUT2D eigenvalue weighted by molar-refractivity contribution is 5.80. The van der Waals surface area contributed by atoms with E-state index < -0.39 is 5.97 Å². The maximum absolute atomic E-state index is 11.5. The minimum atomic E-state index is -0.931. The summed E-state index contributed by atoms with van der Waals surface area (Å²) in [6.07, 6.45) is -0.0182. The Labute approximate surface area is 101 Å². The van der Waals surface area contributed by atoms with Gasteiger partial charge in [0, 0.05) is 39.6 Å². The van der Waals surface area contributed by atoms with Crippen molar-refractivity contribution in [3.8, 4) is 0 Å². The Kier molecular flexibility index (Phi) is 5.93. The number of aliphatic carboxylic acids is 1. The molecule has 1 amide bonds. The highest BCUT2D eigenvalue weighted by atomic mass is 16.5. The van der Waals surface area contributed by atoms with Crippen LogP contribution in [-0.2, 0) is 14.3 Å². The fraction of sp³-hybridized carbons (Fsp3) is 0.818. The fourth-order valence-corrected chi connectivity index (χ4v) is 1.65. The molecule has 0 unspecified atom stereocenters. The summed E-state index contributed by atoms with van der Waals surface area (Å²) in [4.78, 5) is 25.7. The molecule has 0 radical (unpaired) electrons. The van der Waals surface area contributed by atoms with Gasteiger partial charge in [-0.05, 0) is 0 Å². The standard InChI is InChI=1S/C11H20N2O4/c1-12(10(14)2-3-11(15)16)4-5-13-6-8-17-9-7-13/h2-9H2,1H3,(H,15,16). The van der Waals surface area contributed by atoms with Crippen LogP contribution in [0.4, 0.5) is 0 Å². The average Bonchev–Trinajstić information content (AvgIpc) is 2.34. The van der Waals surface area contributed by atoms with E-state index in [0.29, 0.717) is 6.54 Å². The lowest BCUT2D eigenvalue weighted by Gasteiger charge is -2.28. The van der Waals surface area contributed by atoms with Crippen LogP contribution in [0.15, 0.2) is 0 Å². The van der Waals surface area contributed by atoms with Crippen LogP contribution >= 0.6 is 0 Å². The van der Waals surface area contributed by atoms with Crippen molar-refractivity contribution in [3.63, 3.8) is 0 Å². The van der Waals surface area contributed by atoms with Gasteiger partial charge in [0.1, 0.15) is 0 Å². The summed E-state index contributed by atoms with van der Waals surface area (Å²) in [6.45, 7) is 4.75. The SMILES string of the molecule is CN(CCN1CCOCC1)C(=O)CCC(=O)O. The molecule has 1 aliphatic heterocycles. The van der Waals surface area contributed by atoms with Crippen LogP contribution in [0.3, 0.4) is 0 Å². The lowest BCUT2D eigenvalue weighted by Crippen LogP contribution is -2.41. The van der Waals surface area contributed by atoms with E-state index in [0.717, 1.165) is 32.8 Å². The third-order valence-electron chi connectivity index (χ3n) is 2.83. The number of hydrogen-bond donors (Lipinski definition) is 1. The van der Waals surface area contributed by atoms with Gasteiger partial charge in [0.05, 0.1) is 19.6 Å². The molecule has 1 N–H and O–H groups in total. The molecule has 1 heterocycles. The average molecular weight is 244 g/mol. The highest BCUT2D eigenvalue weighted by Gasteiger charge is 2.14. The van der Waals surface area contributed by atoms with Gasteiger partial charge in [-0.15, -0.1) is 0 Å². The predicted molar refractivity (Wildman–Crippen MR) is 61.8 cm³/mol. The molecule has 0 aliphatic carbocycles. The molecule has 0 aromatic rings. The number of likely N-dealkylation sites (N-methyl/N-ethyl adjacent to an activating group) is 1. The molecule has 0 aromatic carbocycles. The van der Waals surface area contributed by atoms with Crippen molar-refractivity contribution in [2.45, 2.75) is 12.8 Å². The van der Waals surface area contributed by atoms with E-state index in [2.05, 4.69) is 4.90 Å². The zero-order valence-electron chi connectivity index (χ0n) is 10.2. The molecule has 1 fully saturated rings. The van der Waals surface area contributed by atoms with Crippen molar-refractivity contribution in [1.82, 2.24) is 9.80 Å². The maximum Gasteiger partial charge on any atom is 0.303 e. The molecule has 0 spiro atoms. The third kappa shape index (κ3) is 5.65. The zero-order valence-corrected chi connectivity index (χ0v) is 10.2. The molecule has 98 valence electrons. The van der Waals surface area contributed by atoms with Crippen molar-refractivity contribution in [2.24, 2.45) is 0 Å². The number of carbonyl (C=O) groups is 2. The van der Waals surface area contributed by atoms with E-state index in [4.69, 9.17) is 9.84 Å². The van der Waals surface area contributed by atoms with Gasteiger partial charge in [-0.3, -0.25) is 14.5 Å². The molecule has 1 rings (SSSR count). The Morgan fingerprint density at radius 2 is 1.94 bits per heavy atom. The smallest absolute Gasteiger partial charge is 0.303 e. The van der Waals surface area contributed by atoms with E-state index in [-0.39, 0.29) is 18.7 Å². The molecule has 0 atom stereocenters. The Morgan fingerprint density at radius 3 is 2.53 bits per heavy atom. The number of carbonyl (C=O) groups excluding carboxylic acids is 1. The number of carboxylic acid groups (broad SMARTS) is 1. The van der Waals surface area contributed by atoms with Gasteiger partial charge in [-0.1, -0.05) is 0 Å². The Bertz CT molecular complexity index is 264. The number of rotatable bonds is 6. The molecular weight excluding hydrogens is 224 g/mol. The minimum Gasteiger partial charge on any atom is -0.481 e. The van der Waals surface area contributed by atoms with Crippen molar-refractivity contribution >= 4 is 11.9 Å². The zero-order chi connectivity index (χ0) is 12.7. The molecule has 17 heavy (non-hydrogen) atoms. The van der Waals surface area contributed by atoms with Gasteiger partial charge >= 0.3 is 5.97 Å². The number of amides is 1. The summed E-state index contributed by atoms with van der Waals surface area (Å²) in [5.74, 6) is -1.04. The topological polar surface area (TPSA) is 70.1 Å².